The van der Waals surface area contributed by atoms with Gasteiger partial charge >= 0.3 is 5.69 Å². The number of nitrogens with zero attached hydrogens (tertiary/aromatic N) is 3. The van der Waals surface area contributed by atoms with Gasteiger partial charge in [0.1, 0.15) is 5.52 Å². The summed E-state index contributed by atoms with van der Waals surface area (Å²) in [5, 5.41) is 18.9. The van der Waals surface area contributed by atoms with Gasteiger partial charge in [-0.3, -0.25) is 14.2 Å². The molecule has 14 nitrogen and oxygen atoms in total. The zero-order chi connectivity index (χ0) is 33.0. The number of aromatic amines is 1. The minimum atomic E-state index is -0.352. The van der Waals surface area contributed by atoms with Crippen LogP contribution in [0.15, 0.2) is 29.1 Å². The van der Waals surface area contributed by atoms with E-state index in [4.69, 9.17) is 5.73 Å². The summed E-state index contributed by atoms with van der Waals surface area (Å²) in [5.74, 6) is -0.0123. The Morgan fingerprint density at radius 1 is 0.783 bits per heavy atom. The number of imidazole rings is 1. The number of nitrogen functional groups attached to an aromatic ring is 1. The maximum atomic E-state index is 12.7. The topological polar surface area (TPSA) is 196 Å². The smallest absolute Gasteiger partial charge is 0.328 e. The second kappa shape index (κ2) is 20.9. The highest BCUT2D eigenvalue weighted by Gasteiger charge is 2.15. The van der Waals surface area contributed by atoms with Gasteiger partial charge in [-0.25, -0.2) is 4.79 Å². The number of amides is 2. The van der Waals surface area contributed by atoms with Crippen molar-refractivity contribution < 1.29 is 9.59 Å². The number of rotatable bonds is 24. The molecule has 0 bridgehead atoms. The van der Waals surface area contributed by atoms with Crippen molar-refractivity contribution in [3.8, 4) is 0 Å². The number of unbranched alkanes of at least 4 members (excludes halogenated alkanes) is 2. The molecule has 0 fully saturated rings. The van der Waals surface area contributed by atoms with Gasteiger partial charge in [-0.15, -0.1) is 0 Å². The van der Waals surface area contributed by atoms with Gasteiger partial charge in [0.05, 0.1) is 13.1 Å². The fourth-order valence-corrected chi connectivity index (χ4v) is 4.75. The monoisotopic (exact) mass is 639 g/mol. The maximum Gasteiger partial charge on any atom is 0.328 e. The molecule has 2 heterocycles. The number of carbonyl (C=O) groups excluding carboxylic acids is 2. The SMILES string of the molecule is CCCCNc1nc(N)c2[nH]c(=O)n(Cc3ccc(C(=O)NCC(=O)NCCCNCCCCNCCCNCCC)cc3)c2n1. The van der Waals surface area contributed by atoms with E-state index >= 15 is 0 Å². The number of nitrogens with two attached hydrogens (primary N) is 1. The Hall–Kier alpha value is -4.01. The molecule has 46 heavy (non-hydrogen) atoms. The van der Waals surface area contributed by atoms with Gasteiger partial charge < -0.3 is 42.6 Å². The van der Waals surface area contributed by atoms with E-state index in [1.54, 1.807) is 24.3 Å². The molecule has 0 spiro atoms. The molecule has 0 aliphatic rings. The number of benzene rings is 1. The minimum Gasteiger partial charge on any atom is -0.382 e. The second-order valence-electron chi connectivity index (χ2n) is 11.3. The number of hydrogen-bond donors (Lipinski definition) is 8. The first-order chi connectivity index (χ1) is 22.4. The van der Waals surface area contributed by atoms with Gasteiger partial charge in [-0.05, 0) is 95.5 Å². The van der Waals surface area contributed by atoms with Gasteiger partial charge in [0, 0.05) is 18.7 Å². The molecule has 0 saturated heterocycles. The molecule has 0 aliphatic carbocycles. The Balaban J connectivity index is 1.30. The number of anilines is 2. The van der Waals surface area contributed by atoms with Crippen molar-refractivity contribution in [2.75, 3.05) is 70.0 Å². The molecule has 0 radical (unpaired) electrons. The molecule has 14 heteroatoms. The van der Waals surface area contributed by atoms with Gasteiger partial charge in [0.15, 0.2) is 11.5 Å². The Bertz CT molecular complexity index is 1390. The largest absolute Gasteiger partial charge is 0.382 e. The number of H-pyrrole nitrogens is 1. The van der Waals surface area contributed by atoms with Crippen molar-refractivity contribution in [1.29, 1.82) is 0 Å². The van der Waals surface area contributed by atoms with Gasteiger partial charge in [0.2, 0.25) is 11.9 Å². The molecule has 0 aliphatic heterocycles. The van der Waals surface area contributed by atoms with Crippen molar-refractivity contribution in [1.82, 2.24) is 46.1 Å². The van der Waals surface area contributed by atoms with Crippen LogP contribution < -0.4 is 43.3 Å². The predicted molar refractivity (Wildman–Crippen MR) is 184 cm³/mol. The summed E-state index contributed by atoms with van der Waals surface area (Å²) in [6.07, 6.45) is 7.39. The van der Waals surface area contributed by atoms with Crippen molar-refractivity contribution in [2.24, 2.45) is 0 Å². The summed E-state index contributed by atoms with van der Waals surface area (Å²) < 4.78 is 1.49. The molecule has 2 amide bonds. The molecule has 0 unspecified atom stereocenters. The van der Waals surface area contributed by atoms with Crippen LogP contribution in [0.5, 0.6) is 0 Å². The first-order valence-electron chi connectivity index (χ1n) is 16.7. The summed E-state index contributed by atoms with van der Waals surface area (Å²) >= 11 is 0. The molecular formula is C32H53N11O3. The summed E-state index contributed by atoms with van der Waals surface area (Å²) in [6.45, 7) is 11.7. The average molecular weight is 640 g/mol. The van der Waals surface area contributed by atoms with Crippen LogP contribution in [0, 0.1) is 0 Å². The zero-order valence-corrected chi connectivity index (χ0v) is 27.5. The third kappa shape index (κ3) is 12.8. The van der Waals surface area contributed by atoms with E-state index in [0.29, 0.717) is 35.8 Å². The molecule has 3 aromatic rings. The number of fused-ring (bicyclic) bond motifs is 1. The normalized spacial score (nSPS) is 11.2. The summed E-state index contributed by atoms with van der Waals surface area (Å²) in [6, 6.07) is 6.86. The summed E-state index contributed by atoms with van der Waals surface area (Å²) in [4.78, 5) is 48.9. The second-order valence-corrected chi connectivity index (χ2v) is 11.3. The van der Waals surface area contributed by atoms with E-state index in [9.17, 15) is 14.4 Å². The third-order valence-electron chi connectivity index (χ3n) is 7.37. The lowest BCUT2D eigenvalue weighted by Crippen LogP contribution is -2.37. The van der Waals surface area contributed by atoms with Crippen LogP contribution in [-0.2, 0) is 11.3 Å². The fourth-order valence-electron chi connectivity index (χ4n) is 4.75. The first-order valence-corrected chi connectivity index (χ1v) is 16.7. The maximum absolute atomic E-state index is 12.7. The van der Waals surface area contributed by atoms with Crippen molar-refractivity contribution >= 4 is 34.7 Å². The lowest BCUT2D eigenvalue weighted by molar-refractivity contribution is -0.120. The number of carbonyl (C=O) groups is 2. The quantitative estimate of drug-likeness (QED) is 0.0666. The van der Waals surface area contributed by atoms with Crippen LogP contribution in [0.1, 0.15) is 74.7 Å². The fraction of sp³-hybridized carbons (Fsp3) is 0.594. The van der Waals surface area contributed by atoms with Gasteiger partial charge in [-0.2, -0.15) is 9.97 Å². The summed E-state index contributed by atoms with van der Waals surface area (Å²) in [5.41, 5.74) is 7.73. The van der Waals surface area contributed by atoms with Gasteiger partial charge in [0.25, 0.3) is 5.91 Å². The van der Waals surface area contributed by atoms with Crippen LogP contribution >= 0.6 is 0 Å². The average Bonchev–Trinajstić information content (AvgIpc) is 3.37. The van der Waals surface area contributed by atoms with E-state index in [0.717, 1.165) is 83.4 Å². The Morgan fingerprint density at radius 3 is 2.11 bits per heavy atom. The first kappa shape index (κ1) is 36.5. The van der Waals surface area contributed by atoms with Crippen LogP contribution in [0.4, 0.5) is 11.8 Å². The highest BCUT2D eigenvalue weighted by molar-refractivity contribution is 5.96. The minimum absolute atomic E-state index is 0.101. The number of hydrogen-bond acceptors (Lipinski definition) is 10. The lowest BCUT2D eigenvalue weighted by Gasteiger charge is -2.09. The van der Waals surface area contributed by atoms with Crippen LogP contribution in [0.2, 0.25) is 0 Å². The van der Waals surface area contributed by atoms with Crippen LogP contribution in [-0.4, -0.2) is 90.2 Å². The van der Waals surface area contributed by atoms with E-state index in [2.05, 4.69) is 60.7 Å². The molecule has 3 rings (SSSR count). The highest BCUT2D eigenvalue weighted by Crippen LogP contribution is 2.17. The van der Waals surface area contributed by atoms with Crippen molar-refractivity contribution in [2.45, 2.75) is 65.3 Å². The standard InChI is InChI=1S/C32H53N11O3/c1-3-5-20-38-31-41-28(33)27-29(42-31)43(32(46)40-27)23-24-10-12-25(13-11-24)30(45)39-22-26(44)37-21-9-19-36-16-7-6-15-35-18-8-17-34-14-4-2/h10-13,34-36H,3-9,14-23H2,1-2H3,(H,37,44)(H,39,45)(H,40,46)(H3,33,38,41,42). The van der Waals surface area contributed by atoms with E-state index in [1.807, 2.05) is 0 Å². The Labute approximate surface area is 271 Å². The van der Waals surface area contributed by atoms with Crippen molar-refractivity contribution in [3.63, 3.8) is 0 Å². The molecular weight excluding hydrogens is 586 g/mol. The van der Waals surface area contributed by atoms with E-state index in [-0.39, 0.29) is 36.4 Å². The van der Waals surface area contributed by atoms with E-state index in [1.165, 1.54) is 11.0 Å². The van der Waals surface area contributed by atoms with Crippen LogP contribution in [0.25, 0.3) is 11.2 Å². The lowest BCUT2D eigenvalue weighted by atomic mass is 10.1. The number of aromatic nitrogens is 4. The molecule has 254 valence electrons. The Morgan fingerprint density at radius 2 is 1.43 bits per heavy atom. The number of nitrogens with one attached hydrogen (secondary N) is 7. The zero-order valence-electron chi connectivity index (χ0n) is 27.5. The molecule has 1 aromatic carbocycles. The molecule has 0 saturated carbocycles. The Kier molecular flexibility index (Phi) is 16.6. The molecule has 2 aromatic heterocycles. The highest BCUT2D eigenvalue weighted by atomic mass is 16.2. The van der Waals surface area contributed by atoms with Gasteiger partial charge in [-0.1, -0.05) is 32.4 Å². The van der Waals surface area contributed by atoms with Crippen molar-refractivity contribution in [3.05, 3.63) is 45.9 Å². The molecule has 0 atom stereocenters. The molecule has 9 N–H and O–H groups in total. The third-order valence-corrected chi connectivity index (χ3v) is 7.37. The van der Waals surface area contributed by atoms with Crippen LogP contribution in [0.3, 0.4) is 0 Å². The predicted octanol–water partition coefficient (Wildman–Crippen LogP) is 1.55. The van der Waals surface area contributed by atoms with E-state index < -0.39 is 0 Å². The summed E-state index contributed by atoms with van der Waals surface area (Å²) in [7, 11) is 0.